The first kappa shape index (κ1) is 19.6. The fourth-order valence-electron chi connectivity index (χ4n) is 3.59. The maximum absolute atomic E-state index is 13.1. The zero-order valence-electron chi connectivity index (χ0n) is 17.0. The second-order valence-corrected chi connectivity index (χ2v) is 8.21. The number of amides is 1. The standard InChI is InChI=1S/C24H22N2O4/c1-24(2,3)16-11-9-15(10-12-16)20-19(21(27)17-7-6-14-30-17)22(28)23(29)26(20)18-8-4-5-13-25-18/h4-14,20,28H,1-3H3/t20-/m0/s1. The molecule has 152 valence electrons. The smallest absolute Gasteiger partial charge is 0.295 e. The molecule has 0 radical (unpaired) electrons. The minimum Gasteiger partial charge on any atom is -0.503 e. The predicted molar refractivity (Wildman–Crippen MR) is 112 cm³/mol. The molecular weight excluding hydrogens is 380 g/mol. The van der Waals surface area contributed by atoms with Crippen molar-refractivity contribution < 1.29 is 19.1 Å². The molecule has 1 amide bonds. The molecule has 6 heteroatoms. The number of carbonyl (C=O) groups excluding carboxylic acids is 2. The van der Waals surface area contributed by atoms with Crippen LogP contribution in [0.25, 0.3) is 0 Å². The number of anilines is 1. The van der Waals surface area contributed by atoms with Crippen molar-refractivity contribution in [2.75, 3.05) is 4.90 Å². The number of rotatable bonds is 4. The normalized spacial score (nSPS) is 17.0. The second kappa shape index (κ2) is 7.30. The Morgan fingerprint density at radius 1 is 1.07 bits per heavy atom. The predicted octanol–water partition coefficient (Wildman–Crippen LogP) is 4.76. The fourth-order valence-corrected chi connectivity index (χ4v) is 3.59. The van der Waals surface area contributed by atoms with Crippen molar-refractivity contribution in [2.45, 2.75) is 32.2 Å². The highest BCUT2D eigenvalue weighted by atomic mass is 16.3. The number of hydrogen-bond acceptors (Lipinski definition) is 5. The highest BCUT2D eigenvalue weighted by Gasteiger charge is 2.45. The maximum atomic E-state index is 13.1. The number of carbonyl (C=O) groups is 2. The summed E-state index contributed by atoms with van der Waals surface area (Å²) in [6.45, 7) is 6.33. The number of pyridine rings is 1. The summed E-state index contributed by atoms with van der Waals surface area (Å²) in [6.07, 6.45) is 2.94. The van der Waals surface area contributed by atoms with Crippen LogP contribution in [0, 0.1) is 0 Å². The first-order valence-corrected chi connectivity index (χ1v) is 9.65. The number of benzene rings is 1. The van der Waals surface area contributed by atoms with Crippen molar-refractivity contribution in [1.29, 1.82) is 0 Å². The molecule has 0 unspecified atom stereocenters. The van der Waals surface area contributed by atoms with Crippen molar-refractivity contribution in [3.05, 3.63) is 95.3 Å². The third kappa shape index (κ3) is 3.30. The van der Waals surface area contributed by atoms with E-state index in [0.717, 1.165) is 5.56 Å². The number of aliphatic hydroxyl groups is 1. The van der Waals surface area contributed by atoms with Gasteiger partial charge in [-0.2, -0.15) is 0 Å². The van der Waals surface area contributed by atoms with E-state index in [1.165, 1.54) is 17.2 Å². The lowest BCUT2D eigenvalue weighted by molar-refractivity contribution is -0.117. The number of furan rings is 1. The van der Waals surface area contributed by atoms with Gasteiger partial charge in [-0.25, -0.2) is 4.98 Å². The number of aliphatic hydroxyl groups excluding tert-OH is 1. The van der Waals surface area contributed by atoms with Gasteiger partial charge in [0, 0.05) is 6.20 Å². The lowest BCUT2D eigenvalue weighted by Crippen LogP contribution is -2.31. The Kier molecular flexibility index (Phi) is 4.78. The van der Waals surface area contributed by atoms with Crippen LogP contribution in [0.5, 0.6) is 0 Å². The molecule has 0 saturated heterocycles. The van der Waals surface area contributed by atoms with Gasteiger partial charge in [-0.15, -0.1) is 0 Å². The number of ketones is 1. The molecule has 0 aliphatic carbocycles. The number of Topliss-reactive ketones (excluding diaryl/α,β-unsaturated/α-hetero) is 1. The topological polar surface area (TPSA) is 83.6 Å². The molecule has 1 aromatic carbocycles. The third-order valence-corrected chi connectivity index (χ3v) is 5.19. The molecular formula is C24H22N2O4. The van der Waals surface area contributed by atoms with E-state index in [2.05, 4.69) is 25.8 Å². The average Bonchev–Trinajstić information content (AvgIpc) is 3.35. The summed E-state index contributed by atoms with van der Waals surface area (Å²) >= 11 is 0. The van der Waals surface area contributed by atoms with Gasteiger partial charge in [-0.05, 0) is 40.8 Å². The minimum absolute atomic E-state index is 0.0240. The van der Waals surface area contributed by atoms with Crippen molar-refractivity contribution >= 4 is 17.5 Å². The van der Waals surface area contributed by atoms with Crippen LogP contribution in [0.1, 0.15) is 48.5 Å². The summed E-state index contributed by atoms with van der Waals surface area (Å²) in [5.74, 6) is -1.39. The molecule has 3 aromatic rings. The quantitative estimate of drug-likeness (QED) is 0.637. The highest BCUT2D eigenvalue weighted by molar-refractivity contribution is 6.19. The fraction of sp³-hybridized carbons (Fsp3) is 0.208. The van der Waals surface area contributed by atoms with E-state index in [1.54, 1.807) is 30.5 Å². The van der Waals surface area contributed by atoms with E-state index in [0.29, 0.717) is 11.4 Å². The summed E-state index contributed by atoms with van der Waals surface area (Å²) in [5.41, 5.74) is 1.74. The van der Waals surface area contributed by atoms with E-state index < -0.39 is 23.5 Å². The van der Waals surface area contributed by atoms with Crippen LogP contribution in [0.2, 0.25) is 0 Å². The summed E-state index contributed by atoms with van der Waals surface area (Å²) < 4.78 is 5.24. The van der Waals surface area contributed by atoms with Crippen LogP contribution in [0.4, 0.5) is 5.82 Å². The lowest BCUT2D eigenvalue weighted by Gasteiger charge is -2.26. The molecule has 0 fully saturated rings. The molecule has 6 nitrogen and oxygen atoms in total. The van der Waals surface area contributed by atoms with Crippen LogP contribution in [-0.2, 0) is 10.2 Å². The van der Waals surface area contributed by atoms with Gasteiger partial charge in [0.05, 0.1) is 17.9 Å². The van der Waals surface area contributed by atoms with E-state index in [1.807, 2.05) is 24.3 Å². The molecule has 0 bridgehead atoms. The van der Waals surface area contributed by atoms with E-state index in [-0.39, 0.29) is 16.7 Å². The lowest BCUT2D eigenvalue weighted by atomic mass is 9.85. The Hall–Kier alpha value is -3.67. The van der Waals surface area contributed by atoms with Gasteiger partial charge < -0.3 is 9.52 Å². The van der Waals surface area contributed by atoms with Crippen LogP contribution >= 0.6 is 0 Å². The van der Waals surface area contributed by atoms with Crippen molar-refractivity contribution in [3.63, 3.8) is 0 Å². The van der Waals surface area contributed by atoms with Gasteiger partial charge in [0.15, 0.2) is 11.5 Å². The van der Waals surface area contributed by atoms with Crippen LogP contribution in [-0.4, -0.2) is 21.8 Å². The molecule has 0 spiro atoms. The SMILES string of the molecule is CC(C)(C)c1ccc([C@H]2C(C(=O)c3ccco3)=C(O)C(=O)N2c2ccccn2)cc1. The molecule has 1 aliphatic rings. The first-order valence-electron chi connectivity index (χ1n) is 9.65. The van der Waals surface area contributed by atoms with E-state index in [9.17, 15) is 14.7 Å². The van der Waals surface area contributed by atoms with Crippen LogP contribution in [0.15, 0.2) is 82.8 Å². The number of aromatic nitrogens is 1. The van der Waals surface area contributed by atoms with Gasteiger partial charge >= 0.3 is 0 Å². The van der Waals surface area contributed by atoms with E-state index >= 15 is 0 Å². The summed E-state index contributed by atoms with van der Waals surface area (Å²) in [5, 5.41) is 10.7. The Morgan fingerprint density at radius 3 is 2.37 bits per heavy atom. The molecule has 2 aromatic heterocycles. The van der Waals surface area contributed by atoms with Gasteiger partial charge in [-0.3, -0.25) is 14.5 Å². The Labute approximate surface area is 174 Å². The number of hydrogen-bond donors (Lipinski definition) is 1. The average molecular weight is 402 g/mol. The number of nitrogens with zero attached hydrogens (tertiary/aromatic N) is 2. The van der Waals surface area contributed by atoms with Crippen molar-refractivity contribution in [1.82, 2.24) is 4.98 Å². The second-order valence-electron chi connectivity index (χ2n) is 8.21. The zero-order chi connectivity index (χ0) is 21.5. The Balaban J connectivity index is 1.86. The summed E-state index contributed by atoms with van der Waals surface area (Å²) in [6, 6.07) is 15.1. The van der Waals surface area contributed by atoms with E-state index in [4.69, 9.17) is 4.42 Å². The van der Waals surface area contributed by atoms with Crippen LogP contribution < -0.4 is 4.90 Å². The first-order chi connectivity index (χ1) is 14.3. The largest absolute Gasteiger partial charge is 0.503 e. The molecule has 1 atom stereocenters. The van der Waals surface area contributed by atoms with Gasteiger partial charge in [0.1, 0.15) is 5.82 Å². The molecule has 30 heavy (non-hydrogen) atoms. The van der Waals surface area contributed by atoms with Crippen molar-refractivity contribution in [2.24, 2.45) is 0 Å². The molecule has 0 saturated carbocycles. The summed E-state index contributed by atoms with van der Waals surface area (Å²) in [4.78, 5) is 31.7. The third-order valence-electron chi connectivity index (χ3n) is 5.19. The van der Waals surface area contributed by atoms with Gasteiger partial charge in [-0.1, -0.05) is 51.1 Å². The Morgan fingerprint density at radius 2 is 1.80 bits per heavy atom. The van der Waals surface area contributed by atoms with Crippen LogP contribution in [0.3, 0.4) is 0 Å². The van der Waals surface area contributed by atoms with Gasteiger partial charge in [0.25, 0.3) is 5.91 Å². The van der Waals surface area contributed by atoms with Gasteiger partial charge in [0.2, 0.25) is 5.78 Å². The maximum Gasteiger partial charge on any atom is 0.295 e. The zero-order valence-corrected chi connectivity index (χ0v) is 17.0. The molecule has 1 N–H and O–H groups in total. The Bertz CT molecular complexity index is 1110. The van der Waals surface area contributed by atoms with Crippen molar-refractivity contribution in [3.8, 4) is 0 Å². The highest BCUT2D eigenvalue weighted by Crippen LogP contribution is 2.41. The summed E-state index contributed by atoms with van der Waals surface area (Å²) in [7, 11) is 0. The molecule has 3 heterocycles. The minimum atomic E-state index is -0.820. The molecule has 1 aliphatic heterocycles. The monoisotopic (exact) mass is 402 g/mol. The molecule has 4 rings (SSSR count).